The van der Waals surface area contributed by atoms with Gasteiger partial charge in [-0.25, -0.2) is 0 Å². The number of hydrogen-bond donors (Lipinski definition) is 0. The van der Waals surface area contributed by atoms with Crippen molar-refractivity contribution in [2.24, 2.45) is 0 Å². The SMILES string of the molecule is C=C/C=C\C=C/c1ccc(-c2ccc(-c3ccc(N(c4ccccc4)c4ccc(-c5ccccc5)cc4)cc3)cc2)cc1. The van der Waals surface area contributed by atoms with E-state index < -0.39 is 0 Å². The van der Waals surface area contributed by atoms with Gasteiger partial charge < -0.3 is 4.90 Å². The molecule has 6 aromatic carbocycles. The van der Waals surface area contributed by atoms with Crippen LogP contribution in [0.1, 0.15) is 5.56 Å². The second kappa shape index (κ2) is 13.3. The minimum atomic E-state index is 1.12. The van der Waals surface area contributed by atoms with Crippen molar-refractivity contribution in [2.75, 3.05) is 4.90 Å². The van der Waals surface area contributed by atoms with Crippen molar-refractivity contribution in [1.29, 1.82) is 0 Å². The molecule has 0 aromatic heterocycles. The molecule has 0 N–H and O–H groups in total. The number of nitrogens with zero attached hydrogens (tertiary/aromatic N) is 1. The Bertz CT molecular complexity index is 1810. The maximum absolute atomic E-state index is 3.70. The maximum atomic E-state index is 3.70. The summed E-state index contributed by atoms with van der Waals surface area (Å²) < 4.78 is 0. The van der Waals surface area contributed by atoms with Gasteiger partial charge in [0, 0.05) is 17.1 Å². The summed E-state index contributed by atoms with van der Waals surface area (Å²) in [7, 11) is 0. The molecular weight excluding hydrogens is 518 g/mol. The highest BCUT2D eigenvalue weighted by atomic mass is 15.1. The smallest absolute Gasteiger partial charge is 0.0462 e. The Morgan fingerprint density at radius 3 is 1.19 bits per heavy atom. The highest BCUT2D eigenvalue weighted by Crippen LogP contribution is 2.36. The quantitative estimate of drug-likeness (QED) is 0.162. The minimum absolute atomic E-state index is 1.12. The number of hydrogen-bond acceptors (Lipinski definition) is 1. The molecule has 0 heterocycles. The molecule has 0 bridgehead atoms. The third kappa shape index (κ3) is 6.64. The van der Waals surface area contributed by atoms with Gasteiger partial charge in [0.2, 0.25) is 0 Å². The molecule has 0 spiro atoms. The highest BCUT2D eigenvalue weighted by molar-refractivity contribution is 5.80. The Kier molecular flexibility index (Phi) is 8.53. The zero-order valence-corrected chi connectivity index (χ0v) is 24.1. The Balaban J connectivity index is 1.22. The molecule has 0 fully saturated rings. The molecule has 6 aromatic rings. The largest absolute Gasteiger partial charge is 0.311 e. The molecule has 0 saturated carbocycles. The zero-order chi connectivity index (χ0) is 29.3. The van der Waals surface area contributed by atoms with Gasteiger partial charge in [0.25, 0.3) is 0 Å². The van der Waals surface area contributed by atoms with Crippen LogP contribution in [-0.4, -0.2) is 0 Å². The summed E-state index contributed by atoms with van der Waals surface area (Å²) in [6.07, 6.45) is 9.79. The second-order valence-electron chi connectivity index (χ2n) is 10.3. The van der Waals surface area contributed by atoms with Crippen LogP contribution in [0.3, 0.4) is 0 Å². The van der Waals surface area contributed by atoms with E-state index in [2.05, 4.69) is 175 Å². The molecule has 206 valence electrons. The molecule has 1 nitrogen and oxygen atoms in total. The van der Waals surface area contributed by atoms with Gasteiger partial charge in [-0.05, 0) is 75.3 Å². The van der Waals surface area contributed by atoms with E-state index in [1.807, 2.05) is 18.2 Å². The first-order valence-corrected chi connectivity index (χ1v) is 14.6. The summed E-state index contributed by atoms with van der Waals surface area (Å²) in [6.45, 7) is 3.70. The van der Waals surface area contributed by atoms with Gasteiger partial charge in [-0.3, -0.25) is 0 Å². The van der Waals surface area contributed by atoms with E-state index in [-0.39, 0.29) is 0 Å². The fourth-order valence-electron chi connectivity index (χ4n) is 5.21. The lowest BCUT2D eigenvalue weighted by Crippen LogP contribution is -2.09. The molecule has 0 atom stereocenters. The normalized spacial score (nSPS) is 11.2. The first-order valence-electron chi connectivity index (χ1n) is 14.6. The zero-order valence-electron chi connectivity index (χ0n) is 24.1. The van der Waals surface area contributed by atoms with Crippen molar-refractivity contribution in [3.8, 4) is 33.4 Å². The molecule has 0 aliphatic rings. The van der Waals surface area contributed by atoms with Crippen LogP contribution in [0, 0.1) is 0 Å². The van der Waals surface area contributed by atoms with Crippen LogP contribution < -0.4 is 4.90 Å². The number of benzene rings is 6. The van der Waals surface area contributed by atoms with E-state index in [0.29, 0.717) is 0 Å². The summed E-state index contributed by atoms with van der Waals surface area (Å²) in [5.41, 5.74) is 11.8. The lowest BCUT2D eigenvalue weighted by Gasteiger charge is -2.26. The van der Waals surface area contributed by atoms with E-state index in [9.17, 15) is 0 Å². The Hall–Kier alpha value is -5.66. The fourth-order valence-corrected chi connectivity index (χ4v) is 5.21. The molecule has 0 radical (unpaired) electrons. The topological polar surface area (TPSA) is 3.24 Å². The minimum Gasteiger partial charge on any atom is -0.311 e. The van der Waals surface area contributed by atoms with Gasteiger partial charge in [0.15, 0.2) is 0 Å². The van der Waals surface area contributed by atoms with Gasteiger partial charge in [-0.2, -0.15) is 0 Å². The van der Waals surface area contributed by atoms with E-state index in [4.69, 9.17) is 0 Å². The van der Waals surface area contributed by atoms with Crippen molar-refractivity contribution >= 4 is 23.1 Å². The Labute approximate surface area is 255 Å². The predicted molar refractivity (Wildman–Crippen MR) is 186 cm³/mol. The van der Waals surface area contributed by atoms with Crippen LogP contribution in [0.2, 0.25) is 0 Å². The van der Waals surface area contributed by atoms with Gasteiger partial charge in [0.05, 0.1) is 0 Å². The molecule has 6 rings (SSSR count). The van der Waals surface area contributed by atoms with E-state index in [1.165, 1.54) is 38.9 Å². The molecule has 0 unspecified atom stereocenters. The lowest BCUT2D eigenvalue weighted by atomic mass is 9.99. The molecular formula is C42H33N. The monoisotopic (exact) mass is 551 g/mol. The Morgan fingerprint density at radius 1 is 0.349 bits per heavy atom. The van der Waals surface area contributed by atoms with Crippen molar-refractivity contribution in [2.45, 2.75) is 0 Å². The second-order valence-corrected chi connectivity index (χ2v) is 10.3. The highest BCUT2D eigenvalue weighted by Gasteiger charge is 2.13. The summed E-state index contributed by atoms with van der Waals surface area (Å²) in [6, 6.07) is 56.1. The van der Waals surface area contributed by atoms with Crippen LogP contribution in [-0.2, 0) is 0 Å². The van der Waals surface area contributed by atoms with E-state index >= 15 is 0 Å². The number of anilines is 3. The van der Waals surface area contributed by atoms with Crippen LogP contribution in [0.25, 0.3) is 39.5 Å². The van der Waals surface area contributed by atoms with Gasteiger partial charge in [-0.15, -0.1) is 0 Å². The molecule has 0 aliphatic heterocycles. The summed E-state index contributed by atoms with van der Waals surface area (Å²) >= 11 is 0. The maximum Gasteiger partial charge on any atom is 0.0462 e. The lowest BCUT2D eigenvalue weighted by molar-refractivity contribution is 1.28. The molecule has 0 aliphatic carbocycles. The number of rotatable bonds is 9. The summed E-state index contributed by atoms with van der Waals surface area (Å²) in [5.74, 6) is 0. The number of para-hydroxylation sites is 1. The van der Waals surface area contributed by atoms with Crippen molar-refractivity contribution < 1.29 is 0 Å². The van der Waals surface area contributed by atoms with Crippen LogP contribution in [0.4, 0.5) is 17.1 Å². The van der Waals surface area contributed by atoms with Crippen molar-refractivity contribution in [3.05, 3.63) is 194 Å². The summed E-state index contributed by atoms with van der Waals surface area (Å²) in [5, 5.41) is 0. The van der Waals surface area contributed by atoms with Crippen LogP contribution >= 0.6 is 0 Å². The average Bonchev–Trinajstić information content (AvgIpc) is 3.09. The first-order chi connectivity index (χ1) is 21.3. The van der Waals surface area contributed by atoms with Crippen LogP contribution in [0.5, 0.6) is 0 Å². The van der Waals surface area contributed by atoms with Gasteiger partial charge in [-0.1, -0.05) is 158 Å². The standard InChI is InChI=1S/C42H33N/c1-2-3-4-7-12-33-17-19-35(20-18-33)36-21-23-37(24-22-36)39-27-31-42(32-28-39)43(40-15-10-6-11-16-40)41-29-25-38(26-30-41)34-13-8-5-9-14-34/h2-32H,1H2/b4-3-,12-7-. The van der Waals surface area contributed by atoms with E-state index in [1.54, 1.807) is 6.08 Å². The molecule has 0 saturated heterocycles. The average molecular weight is 552 g/mol. The van der Waals surface area contributed by atoms with Gasteiger partial charge in [0.1, 0.15) is 0 Å². The first kappa shape index (κ1) is 27.5. The predicted octanol–water partition coefficient (Wildman–Crippen LogP) is 11.9. The van der Waals surface area contributed by atoms with Crippen molar-refractivity contribution in [1.82, 2.24) is 0 Å². The van der Waals surface area contributed by atoms with Crippen molar-refractivity contribution in [3.63, 3.8) is 0 Å². The Morgan fingerprint density at radius 2 is 0.721 bits per heavy atom. The fraction of sp³-hybridized carbons (Fsp3) is 0. The number of allylic oxidation sites excluding steroid dienone is 4. The third-order valence-corrected chi connectivity index (χ3v) is 7.48. The summed E-state index contributed by atoms with van der Waals surface area (Å²) in [4.78, 5) is 2.30. The molecule has 0 amide bonds. The molecule has 43 heavy (non-hydrogen) atoms. The van der Waals surface area contributed by atoms with Gasteiger partial charge >= 0.3 is 0 Å². The van der Waals surface area contributed by atoms with E-state index in [0.717, 1.165) is 17.1 Å². The third-order valence-electron chi connectivity index (χ3n) is 7.48. The molecule has 1 heteroatoms. The van der Waals surface area contributed by atoms with Crippen LogP contribution in [0.15, 0.2) is 189 Å².